The molecule has 0 aromatic carbocycles. The number of ether oxygens (including phenoxy) is 1. The van der Waals surface area contributed by atoms with Crippen LogP contribution in [0.2, 0.25) is 0 Å². The van der Waals surface area contributed by atoms with E-state index in [4.69, 9.17) is 9.84 Å². The number of hydrogen-bond acceptors (Lipinski definition) is 5. The van der Waals surface area contributed by atoms with Crippen LogP contribution in [0, 0.1) is 0 Å². The summed E-state index contributed by atoms with van der Waals surface area (Å²) in [6.45, 7) is 3.14. The number of aromatic amines is 1. The maximum Gasteiger partial charge on any atom is 0.330 e. The standard InChI is InChI=1S/C11H14N2O5/c1-2-6-4-13(11(17)12-10(6)16)9-3-7(15)8(5-14)18-9/h2,4,7-9,14-15H,1,3,5H2,(H,12,16,17)/t7?,8-,9-/m0/s1. The van der Waals surface area contributed by atoms with Gasteiger partial charge in [-0.05, 0) is 0 Å². The van der Waals surface area contributed by atoms with E-state index in [0.717, 1.165) is 0 Å². The normalized spacial score (nSPS) is 27.3. The van der Waals surface area contributed by atoms with Gasteiger partial charge in [-0.15, -0.1) is 0 Å². The van der Waals surface area contributed by atoms with Crippen molar-refractivity contribution in [2.75, 3.05) is 6.61 Å². The van der Waals surface area contributed by atoms with Gasteiger partial charge in [-0.1, -0.05) is 12.7 Å². The number of H-pyrrole nitrogens is 1. The molecule has 0 saturated carbocycles. The molecule has 7 heteroatoms. The van der Waals surface area contributed by atoms with Crippen LogP contribution in [-0.2, 0) is 4.74 Å². The highest BCUT2D eigenvalue weighted by molar-refractivity contribution is 5.43. The van der Waals surface area contributed by atoms with E-state index in [1.807, 2.05) is 0 Å². The van der Waals surface area contributed by atoms with E-state index in [1.54, 1.807) is 0 Å². The lowest BCUT2D eigenvalue weighted by molar-refractivity contribution is -0.0459. The van der Waals surface area contributed by atoms with Crippen molar-refractivity contribution in [1.29, 1.82) is 0 Å². The molecule has 2 rings (SSSR count). The van der Waals surface area contributed by atoms with Gasteiger partial charge in [0.25, 0.3) is 5.56 Å². The maximum absolute atomic E-state index is 11.6. The molecule has 0 spiro atoms. The highest BCUT2D eigenvalue weighted by atomic mass is 16.5. The molecule has 1 aromatic rings. The van der Waals surface area contributed by atoms with Gasteiger partial charge in [0.15, 0.2) is 0 Å². The second-order valence-electron chi connectivity index (χ2n) is 4.07. The molecule has 1 fully saturated rings. The van der Waals surface area contributed by atoms with Gasteiger partial charge in [0.2, 0.25) is 0 Å². The van der Waals surface area contributed by atoms with Crippen molar-refractivity contribution in [3.8, 4) is 0 Å². The summed E-state index contributed by atoms with van der Waals surface area (Å²) in [6.07, 6.45) is 0.551. The van der Waals surface area contributed by atoms with E-state index in [0.29, 0.717) is 0 Å². The van der Waals surface area contributed by atoms with Gasteiger partial charge in [0.05, 0.1) is 18.3 Å². The third kappa shape index (κ3) is 2.15. The fraction of sp³-hybridized carbons (Fsp3) is 0.455. The third-order valence-corrected chi connectivity index (χ3v) is 2.91. The molecule has 0 amide bonds. The smallest absolute Gasteiger partial charge is 0.330 e. The molecule has 1 aromatic heterocycles. The van der Waals surface area contributed by atoms with Crippen molar-refractivity contribution in [2.24, 2.45) is 0 Å². The van der Waals surface area contributed by atoms with E-state index in [-0.39, 0.29) is 18.6 Å². The molecular formula is C11H14N2O5. The largest absolute Gasteiger partial charge is 0.394 e. The van der Waals surface area contributed by atoms with Crippen LogP contribution in [0.15, 0.2) is 22.4 Å². The number of aromatic nitrogens is 2. The molecule has 3 N–H and O–H groups in total. The molecule has 98 valence electrons. The van der Waals surface area contributed by atoms with E-state index >= 15 is 0 Å². The van der Waals surface area contributed by atoms with Gasteiger partial charge in [0, 0.05) is 12.6 Å². The number of rotatable bonds is 3. The molecule has 1 aliphatic rings. The summed E-state index contributed by atoms with van der Waals surface area (Å²) < 4.78 is 6.51. The molecule has 0 aliphatic carbocycles. The van der Waals surface area contributed by atoms with Crippen LogP contribution < -0.4 is 11.2 Å². The summed E-state index contributed by atoms with van der Waals surface area (Å²) in [5.74, 6) is 0. The summed E-state index contributed by atoms with van der Waals surface area (Å²) in [6, 6.07) is 0. The van der Waals surface area contributed by atoms with Crippen molar-refractivity contribution in [3.05, 3.63) is 39.2 Å². The summed E-state index contributed by atoms with van der Waals surface area (Å²) in [5, 5.41) is 18.6. The molecule has 2 heterocycles. The Morgan fingerprint density at radius 3 is 2.89 bits per heavy atom. The SMILES string of the molecule is C=Cc1cn([C@@H]2CC(O)[C@H](CO)O2)c(=O)[nH]c1=O. The Hall–Kier alpha value is -1.70. The average Bonchev–Trinajstić information content (AvgIpc) is 2.70. The fourth-order valence-electron chi connectivity index (χ4n) is 1.91. The molecule has 1 aliphatic heterocycles. The maximum atomic E-state index is 11.6. The molecule has 0 bridgehead atoms. The first-order valence-electron chi connectivity index (χ1n) is 5.49. The minimum absolute atomic E-state index is 0.174. The quantitative estimate of drug-likeness (QED) is 0.630. The second kappa shape index (κ2) is 4.89. The van der Waals surface area contributed by atoms with Crippen LogP contribution >= 0.6 is 0 Å². The summed E-state index contributed by atoms with van der Waals surface area (Å²) in [5.41, 5.74) is -0.912. The lowest BCUT2D eigenvalue weighted by atomic mass is 10.2. The molecule has 3 atom stereocenters. The minimum Gasteiger partial charge on any atom is -0.394 e. The van der Waals surface area contributed by atoms with E-state index in [9.17, 15) is 14.7 Å². The highest BCUT2D eigenvalue weighted by Crippen LogP contribution is 2.27. The van der Waals surface area contributed by atoms with E-state index in [1.165, 1.54) is 16.8 Å². The zero-order chi connectivity index (χ0) is 13.3. The summed E-state index contributed by atoms with van der Waals surface area (Å²) >= 11 is 0. The predicted molar refractivity (Wildman–Crippen MR) is 63.0 cm³/mol. The fourth-order valence-corrected chi connectivity index (χ4v) is 1.91. The van der Waals surface area contributed by atoms with Crippen molar-refractivity contribution < 1.29 is 14.9 Å². The lowest BCUT2D eigenvalue weighted by Crippen LogP contribution is -2.33. The van der Waals surface area contributed by atoms with Gasteiger partial charge < -0.3 is 14.9 Å². The number of aliphatic hydroxyl groups excluding tert-OH is 2. The third-order valence-electron chi connectivity index (χ3n) is 2.91. The summed E-state index contributed by atoms with van der Waals surface area (Å²) in [4.78, 5) is 25.1. The van der Waals surface area contributed by atoms with Gasteiger partial charge in [-0.25, -0.2) is 4.79 Å². The number of nitrogens with zero attached hydrogens (tertiary/aromatic N) is 1. The number of hydrogen-bond donors (Lipinski definition) is 3. The van der Waals surface area contributed by atoms with Crippen LogP contribution in [0.5, 0.6) is 0 Å². The van der Waals surface area contributed by atoms with Crippen molar-refractivity contribution in [3.63, 3.8) is 0 Å². The Balaban J connectivity index is 2.38. The number of aliphatic hydroxyl groups is 2. The zero-order valence-corrected chi connectivity index (χ0v) is 9.57. The van der Waals surface area contributed by atoms with E-state index in [2.05, 4.69) is 11.6 Å². The highest BCUT2D eigenvalue weighted by Gasteiger charge is 2.34. The first-order chi connectivity index (χ1) is 8.56. The first kappa shape index (κ1) is 12.7. The van der Waals surface area contributed by atoms with Gasteiger partial charge in [-0.2, -0.15) is 0 Å². The summed E-state index contributed by atoms with van der Waals surface area (Å²) in [7, 11) is 0. The Bertz CT molecular complexity index is 561. The minimum atomic E-state index is -0.842. The van der Waals surface area contributed by atoms with Gasteiger partial charge >= 0.3 is 5.69 Å². The number of nitrogens with one attached hydrogen (secondary N) is 1. The molecule has 18 heavy (non-hydrogen) atoms. The lowest BCUT2D eigenvalue weighted by Gasteiger charge is -2.14. The van der Waals surface area contributed by atoms with Crippen molar-refractivity contribution >= 4 is 6.08 Å². The topological polar surface area (TPSA) is 105 Å². The zero-order valence-electron chi connectivity index (χ0n) is 9.57. The van der Waals surface area contributed by atoms with Crippen LogP contribution in [0.3, 0.4) is 0 Å². The van der Waals surface area contributed by atoms with Crippen molar-refractivity contribution in [1.82, 2.24) is 9.55 Å². The second-order valence-corrected chi connectivity index (χ2v) is 4.07. The van der Waals surface area contributed by atoms with Crippen LogP contribution in [0.4, 0.5) is 0 Å². The van der Waals surface area contributed by atoms with Crippen LogP contribution in [-0.4, -0.2) is 38.6 Å². The Kier molecular flexibility index (Phi) is 3.46. The molecule has 0 radical (unpaired) electrons. The Morgan fingerprint density at radius 2 is 2.33 bits per heavy atom. The monoisotopic (exact) mass is 254 g/mol. The molecular weight excluding hydrogens is 240 g/mol. The Labute approximate surface area is 102 Å². The van der Waals surface area contributed by atoms with E-state index < -0.39 is 29.7 Å². The molecule has 7 nitrogen and oxygen atoms in total. The Morgan fingerprint density at radius 1 is 1.61 bits per heavy atom. The molecule has 1 unspecified atom stereocenters. The van der Waals surface area contributed by atoms with Crippen LogP contribution in [0.25, 0.3) is 6.08 Å². The van der Waals surface area contributed by atoms with Crippen LogP contribution in [0.1, 0.15) is 18.2 Å². The first-order valence-corrected chi connectivity index (χ1v) is 5.49. The predicted octanol–water partition coefficient (Wildman–Crippen LogP) is -1.18. The molecule has 1 saturated heterocycles. The van der Waals surface area contributed by atoms with Gasteiger partial charge in [-0.3, -0.25) is 14.3 Å². The average molecular weight is 254 g/mol. The van der Waals surface area contributed by atoms with Crippen molar-refractivity contribution in [2.45, 2.75) is 24.9 Å². The van der Waals surface area contributed by atoms with Gasteiger partial charge in [0.1, 0.15) is 12.3 Å².